The van der Waals surface area contributed by atoms with E-state index in [1.807, 2.05) is 0 Å². The first-order chi connectivity index (χ1) is 15.6. The van der Waals surface area contributed by atoms with Crippen molar-refractivity contribution in [1.82, 2.24) is 15.5 Å². The molecule has 0 bridgehead atoms. The van der Waals surface area contributed by atoms with Crippen LogP contribution in [0.2, 0.25) is 0 Å². The number of rotatable bonds is 15. The normalized spacial score (nSPS) is 19.1. The number of nitrogens with zero attached hydrogens (tertiary/aromatic N) is 1. The maximum atomic E-state index is 13.4. The Labute approximate surface area is 205 Å². The molecule has 0 aromatic heterocycles. The van der Waals surface area contributed by atoms with Crippen LogP contribution in [0.3, 0.4) is 0 Å². The van der Waals surface area contributed by atoms with Gasteiger partial charge in [0, 0.05) is 63.3 Å². The summed E-state index contributed by atoms with van der Waals surface area (Å²) in [7, 11) is -6.53. The molecule has 198 valence electrons. The Kier molecular flexibility index (Phi) is 14.3. The number of hydrogen-bond donors (Lipinski definition) is 2. The van der Waals surface area contributed by atoms with Gasteiger partial charge in [-0.15, -0.1) is 0 Å². The predicted molar refractivity (Wildman–Crippen MR) is 150 cm³/mol. The van der Waals surface area contributed by atoms with Crippen LogP contribution in [0.1, 0.15) is 54.4 Å². The Balaban J connectivity index is 3.34. The number of hydrogen-bond acceptors (Lipinski definition) is 6. The second kappa shape index (κ2) is 15.0. The van der Waals surface area contributed by atoms with Crippen LogP contribution in [0, 0.1) is 0 Å². The smallest absolute Gasteiger partial charge is 0.0884 e. The highest BCUT2D eigenvalue weighted by Crippen LogP contribution is 2.50. The van der Waals surface area contributed by atoms with Crippen molar-refractivity contribution in [2.24, 2.45) is 0 Å². The van der Waals surface area contributed by atoms with Gasteiger partial charge in [0.25, 0.3) is 0 Å². The quantitative estimate of drug-likeness (QED) is 0.286. The van der Waals surface area contributed by atoms with Crippen LogP contribution in [0.25, 0.3) is 0 Å². The molecule has 6 nitrogen and oxygen atoms in total. The molecule has 33 heavy (non-hydrogen) atoms. The molecule has 1 aliphatic rings. The number of nitrogens with one attached hydrogen (secondary N) is 2. The van der Waals surface area contributed by atoms with Crippen LogP contribution in [0.5, 0.6) is 0 Å². The summed E-state index contributed by atoms with van der Waals surface area (Å²) in [5.41, 5.74) is -0.196. The van der Waals surface area contributed by atoms with Gasteiger partial charge < -0.3 is 24.3 Å². The highest BCUT2D eigenvalue weighted by Gasteiger charge is 2.40. The minimum absolute atomic E-state index is 0.196. The first-order valence-electron chi connectivity index (χ1n) is 13.5. The van der Waals surface area contributed by atoms with Crippen LogP contribution >= 0.6 is 21.4 Å². The van der Waals surface area contributed by atoms with Gasteiger partial charge in [-0.05, 0) is 49.8 Å². The lowest BCUT2D eigenvalue weighted by Crippen LogP contribution is -2.57. The maximum absolute atomic E-state index is 13.4. The fraction of sp³-hybridized carbons (Fsp3) is 1.00. The van der Waals surface area contributed by atoms with Gasteiger partial charge in [-0.1, -0.05) is 41.5 Å². The first kappa shape index (κ1) is 31.6. The SMILES string of the molecule is CCP(=O)(CC)CCN1CCNCCNCC1(CCP(=O)(CC)CC)CCP(=O)(CC)CC. The minimum Gasteiger partial charge on any atom is -0.324 e. The van der Waals surface area contributed by atoms with Gasteiger partial charge in [0.1, 0.15) is 0 Å². The average molecular weight is 526 g/mol. The summed E-state index contributed by atoms with van der Waals surface area (Å²) in [6, 6.07) is 0. The second-order valence-electron chi connectivity index (χ2n) is 9.88. The van der Waals surface area contributed by atoms with Gasteiger partial charge in [0.15, 0.2) is 0 Å². The standard InChI is InChI=1S/C24H54N3O3P3/c1-7-31(28,8-2)20-13-24(14-21-32(29,9-3)10-4)23-26-16-15-25-17-18-27(24)19-22-33(30,11-5)12-6/h25-26H,7-23H2,1-6H3. The molecule has 0 atom stereocenters. The zero-order chi connectivity index (χ0) is 25.0. The largest absolute Gasteiger partial charge is 0.324 e. The van der Waals surface area contributed by atoms with Gasteiger partial charge in [-0.2, -0.15) is 0 Å². The van der Waals surface area contributed by atoms with E-state index in [1.54, 1.807) is 0 Å². The molecule has 1 fully saturated rings. The second-order valence-corrected chi connectivity index (χ2v) is 21.4. The summed E-state index contributed by atoms with van der Waals surface area (Å²) < 4.78 is 40.2. The van der Waals surface area contributed by atoms with E-state index in [0.717, 1.165) is 108 Å². The monoisotopic (exact) mass is 525 g/mol. The molecule has 0 aromatic rings. The Morgan fingerprint density at radius 2 is 1.06 bits per heavy atom. The third-order valence-electron chi connectivity index (χ3n) is 8.37. The van der Waals surface area contributed by atoms with Crippen LogP contribution < -0.4 is 10.6 Å². The Hall–Kier alpha value is 0.570. The van der Waals surface area contributed by atoms with Crippen LogP contribution in [-0.2, 0) is 13.7 Å². The lowest BCUT2D eigenvalue weighted by atomic mass is 9.90. The molecular weight excluding hydrogens is 471 g/mol. The van der Waals surface area contributed by atoms with Crippen LogP contribution in [0.15, 0.2) is 0 Å². The molecule has 0 radical (unpaired) electrons. The molecule has 0 saturated carbocycles. The van der Waals surface area contributed by atoms with Gasteiger partial charge in [-0.3, -0.25) is 4.90 Å². The molecule has 9 heteroatoms. The van der Waals surface area contributed by atoms with Crippen molar-refractivity contribution in [3.63, 3.8) is 0 Å². The van der Waals surface area contributed by atoms with E-state index in [2.05, 4.69) is 57.1 Å². The van der Waals surface area contributed by atoms with E-state index in [9.17, 15) is 13.7 Å². The van der Waals surface area contributed by atoms with E-state index in [-0.39, 0.29) is 5.54 Å². The highest BCUT2D eigenvalue weighted by molar-refractivity contribution is 7.64. The fourth-order valence-electron chi connectivity index (χ4n) is 4.90. The Bertz CT molecular complexity index is 648. The Morgan fingerprint density at radius 1 is 0.636 bits per heavy atom. The van der Waals surface area contributed by atoms with Crippen LogP contribution in [0.4, 0.5) is 0 Å². The topological polar surface area (TPSA) is 78.5 Å². The summed E-state index contributed by atoms with van der Waals surface area (Å²) in [6.45, 7) is 17.6. The van der Waals surface area contributed by atoms with Gasteiger partial charge in [0.05, 0.1) is 21.4 Å². The van der Waals surface area contributed by atoms with Gasteiger partial charge in [0.2, 0.25) is 0 Å². The lowest BCUT2D eigenvalue weighted by Gasteiger charge is -2.46. The van der Waals surface area contributed by atoms with Crippen molar-refractivity contribution in [3.8, 4) is 0 Å². The summed E-state index contributed by atoms with van der Waals surface area (Å²) in [6.07, 6.45) is 8.43. The van der Waals surface area contributed by atoms with Crippen molar-refractivity contribution in [2.45, 2.75) is 59.9 Å². The maximum Gasteiger partial charge on any atom is 0.0884 e. The molecule has 1 saturated heterocycles. The van der Waals surface area contributed by atoms with E-state index < -0.39 is 21.4 Å². The van der Waals surface area contributed by atoms with Crippen molar-refractivity contribution >= 4 is 21.4 Å². The molecule has 0 spiro atoms. The minimum atomic E-state index is -2.19. The van der Waals surface area contributed by atoms with Crippen LogP contribution in [-0.4, -0.2) is 105 Å². The van der Waals surface area contributed by atoms with Gasteiger partial charge >= 0.3 is 0 Å². The third-order valence-corrected chi connectivity index (χ3v) is 18.4. The first-order valence-corrected chi connectivity index (χ1v) is 20.3. The molecule has 1 rings (SSSR count). The Morgan fingerprint density at radius 3 is 1.52 bits per heavy atom. The molecule has 0 aliphatic carbocycles. The van der Waals surface area contributed by atoms with Crippen molar-refractivity contribution in [1.29, 1.82) is 0 Å². The zero-order valence-corrected chi connectivity index (χ0v) is 25.2. The predicted octanol–water partition coefficient (Wildman–Crippen LogP) is 5.21. The van der Waals surface area contributed by atoms with E-state index >= 15 is 0 Å². The molecule has 2 N–H and O–H groups in total. The highest BCUT2D eigenvalue weighted by atomic mass is 31.2. The molecule has 0 aromatic carbocycles. The summed E-state index contributed by atoms with van der Waals surface area (Å²) in [4.78, 5) is 2.54. The zero-order valence-electron chi connectivity index (χ0n) is 22.5. The van der Waals surface area contributed by atoms with Crippen molar-refractivity contribution in [2.75, 3.05) is 94.7 Å². The van der Waals surface area contributed by atoms with E-state index in [1.165, 1.54) is 0 Å². The molecule has 1 aliphatic heterocycles. The lowest BCUT2D eigenvalue weighted by molar-refractivity contribution is 0.0889. The van der Waals surface area contributed by atoms with Gasteiger partial charge in [-0.25, -0.2) is 0 Å². The molecule has 0 unspecified atom stereocenters. The molecule has 0 amide bonds. The van der Waals surface area contributed by atoms with Crippen molar-refractivity contribution < 1.29 is 13.7 Å². The fourth-order valence-corrected chi connectivity index (χ4v) is 10.4. The molecule has 1 heterocycles. The van der Waals surface area contributed by atoms with Crippen molar-refractivity contribution in [3.05, 3.63) is 0 Å². The van der Waals surface area contributed by atoms with E-state index in [0.29, 0.717) is 0 Å². The summed E-state index contributed by atoms with van der Waals surface area (Å²) >= 11 is 0. The average Bonchev–Trinajstić information content (AvgIpc) is 2.95. The third kappa shape index (κ3) is 9.86. The molecular formula is C24H54N3O3P3. The summed E-state index contributed by atoms with van der Waals surface area (Å²) in [5, 5.41) is 7.19. The van der Waals surface area contributed by atoms with E-state index in [4.69, 9.17) is 0 Å². The summed E-state index contributed by atoms with van der Waals surface area (Å²) in [5.74, 6) is 0.